The first-order valence-electron chi connectivity index (χ1n) is 6.53. The molecule has 6 heteroatoms. The van der Waals surface area contributed by atoms with E-state index in [0.29, 0.717) is 28.4 Å². The zero-order chi connectivity index (χ0) is 14.3. The molecular weight excluding hydrogens is 301 g/mol. The Morgan fingerprint density at radius 3 is 2.80 bits per heavy atom. The highest BCUT2D eigenvalue weighted by Crippen LogP contribution is 2.49. The molecule has 1 saturated heterocycles. The minimum Gasteiger partial charge on any atom is -0.376 e. The van der Waals surface area contributed by atoms with E-state index < -0.39 is 5.60 Å². The van der Waals surface area contributed by atoms with Gasteiger partial charge in [0.1, 0.15) is 0 Å². The zero-order valence-electron chi connectivity index (χ0n) is 10.7. The number of hydrogen-bond donors (Lipinski definition) is 2. The molecule has 1 amide bonds. The summed E-state index contributed by atoms with van der Waals surface area (Å²) in [6.45, 7) is 0.705. The van der Waals surface area contributed by atoms with Crippen molar-refractivity contribution in [2.24, 2.45) is 5.92 Å². The molecule has 0 bridgehead atoms. The average Bonchev–Trinajstić information content (AvgIpc) is 3.12. The van der Waals surface area contributed by atoms with Gasteiger partial charge in [-0.2, -0.15) is 0 Å². The van der Waals surface area contributed by atoms with Gasteiger partial charge in [-0.3, -0.25) is 4.79 Å². The van der Waals surface area contributed by atoms with E-state index in [1.165, 1.54) is 0 Å². The van der Waals surface area contributed by atoms with E-state index in [4.69, 9.17) is 27.9 Å². The number of rotatable bonds is 4. The molecule has 3 rings (SSSR count). The van der Waals surface area contributed by atoms with E-state index >= 15 is 0 Å². The molecule has 1 heterocycles. The summed E-state index contributed by atoms with van der Waals surface area (Å²) in [5, 5.41) is 13.9. The summed E-state index contributed by atoms with van der Waals surface area (Å²) in [5.74, 6) is 0.367. The summed E-state index contributed by atoms with van der Waals surface area (Å²) in [7, 11) is 0. The van der Waals surface area contributed by atoms with Gasteiger partial charge in [0.15, 0.2) is 5.60 Å². The maximum absolute atomic E-state index is 11.7. The molecule has 20 heavy (non-hydrogen) atoms. The standard InChI is InChI=1S/C14H15Cl2NO3/c15-9-1-2-10(12(16)4-9)11-3-8(11)5-17-13(18)14(19)6-20-7-14/h1-2,4,8,11,19H,3,5-7H2,(H,17,18)/t8-,11+/m0/s1. The van der Waals surface area contributed by atoms with Gasteiger partial charge >= 0.3 is 0 Å². The van der Waals surface area contributed by atoms with Crippen molar-refractivity contribution in [2.45, 2.75) is 17.9 Å². The second-order valence-electron chi connectivity index (χ2n) is 5.50. The lowest BCUT2D eigenvalue weighted by molar-refractivity contribution is -0.190. The lowest BCUT2D eigenvalue weighted by Gasteiger charge is -2.34. The molecule has 0 aromatic heterocycles. The van der Waals surface area contributed by atoms with Gasteiger partial charge in [0.05, 0.1) is 13.2 Å². The van der Waals surface area contributed by atoms with Gasteiger partial charge in [-0.15, -0.1) is 0 Å². The van der Waals surface area contributed by atoms with Crippen molar-refractivity contribution < 1.29 is 14.6 Å². The first-order chi connectivity index (χ1) is 9.49. The Labute approximate surface area is 127 Å². The van der Waals surface area contributed by atoms with Crippen LogP contribution in [-0.2, 0) is 9.53 Å². The third kappa shape index (κ3) is 2.66. The van der Waals surface area contributed by atoms with E-state index in [-0.39, 0.29) is 19.1 Å². The number of aliphatic hydroxyl groups is 1. The van der Waals surface area contributed by atoms with Crippen LogP contribution in [0, 0.1) is 5.92 Å². The fourth-order valence-electron chi connectivity index (χ4n) is 2.47. The van der Waals surface area contributed by atoms with E-state index in [2.05, 4.69) is 5.32 Å². The average molecular weight is 316 g/mol. The molecule has 1 aliphatic carbocycles. The molecule has 4 nitrogen and oxygen atoms in total. The Kier molecular flexibility index (Phi) is 3.67. The van der Waals surface area contributed by atoms with Crippen LogP contribution in [0.15, 0.2) is 18.2 Å². The number of hydrogen-bond acceptors (Lipinski definition) is 3. The maximum Gasteiger partial charge on any atom is 0.256 e. The Morgan fingerprint density at radius 2 is 2.20 bits per heavy atom. The van der Waals surface area contributed by atoms with Gasteiger partial charge in [-0.1, -0.05) is 29.3 Å². The molecule has 108 valence electrons. The smallest absolute Gasteiger partial charge is 0.256 e. The van der Waals surface area contributed by atoms with Crippen LogP contribution in [0.3, 0.4) is 0 Å². The van der Waals surface area contributed by atoms with E-state index in [1.807, 2.05) is 12.1 Å². The van der Waals surface area contributed by atoms with Crippen molar-refractivity contribution in [3.8, 4) is 0 Å². The molecule has 0 unspecified atom stereocenters. The minimum atomic E-state index is -1.33. The number of benzene rings is 1. The number of nitrogens with one attached hydrogen (secondary N) is 1. The summed E-state index contributed by atoms with van der Waals surface area (Å²) in [4.78, 5) is 11.7. The molecule has 2 fully saturated rings. The third-order valence-corrected chi connectivity index (χ3v) is 4.48. The second kappa shape index (κ2) is 5.19. The monoisotopic (exact) mass is 315 g/mol. The van der Waals surface area contributed by atoms with Crippen LogP contribution in [0.4, 0.5) is 0 Å². The topological polar surface area (TPSA) is 58.6 Å². The van der Waals surface area contributed by atoms with Crippen LogP contribution in [0.25, 0.3) is 0 Å². The van der Waals surface area contributed by atoms with E-state index in [9.17, 15) is 9.90 Å². The predicted octanol–water partition coefficient (Wildman–Crippen LogP) is 1.97. The molecule has 1 aromatic carbocycles. The summed E-state index contributed by atoms with van der Waals surface area (Å²) in [6, 6.07) is 5.50. The van der Waals surface area contributed by atoms with E-state index in [1.54, 1.807) is 6.07 Å². The summed E-state index contributed by atoms with van der Waals surface area (Å²) in [5.41, 5.74) is -0.261. The maximum atomic E-state index is 11.7. The highest BCUT2D eigenvalue weighted by Gasteiger charge is 2.45. The number of amides is 1. The van der Waals surface area contributed by atoms with Gasteiger partial charge in [0.25, 0.3) is 5.91 Å². The Balaban J connectivity index is 1.53. The second-order valence-corrected chi connectivity index (χ2v) is 6.35. The molecule has 0 radical (unpaired) electrons. The lowest BCUT2D eigenvalue weighted by Crippen LogP contribution is -2.60. The zero-order valence-corrected chi connectivity index (χ0v) is 12.2. The largest absolute Gasteiger partial charge is 0.376 e. The van der Waals surface area contributed by atoms with Crippen molar-refractivity contribution in [3.63, 3.8) is 0 Å². The Hall–Kier alpha value is -0.810. The Morgan fingerprint density at radius 1 is 1.45 bits per heavy atom. The van der Waals surface area contributed by atoms with Crippen molar-refractivity contribution in [1.29, 1.82) is 0 Å². The van der Waals surface area contributed by atoms with Crippen LogP contribution in [0.5, 0.6) is 0 Å². The number of halogens is 2. The van der Waals surface area contributed by atoms with Crippen molar-refractivity contribution >= 4 is 29.1 Å². The van der Waals surface area contributed by atoms with Gasteiger partial charge < -0.3 is 15.2 Å². The van der Waals surface area contributed by atoms with Crippen LogP contribution in [-0.4, -0.2) is 36.4 Å². The number of carbonyl (C=O) groups excluding carboxylic acids is 1. The SMILES string of the molecule is O=C(NC[C@@H]1C[C@H]1c1ccc(Cl)cc1Cl)C1(O)COC1. The van der Waals surface area contributed by atoms with Gasteiger partial charge in [0, 0.05) is 16.6 Å². The van der Waals surface area contributed by atoms with Gasteiger partial charge in [0.2, 0.25) is 0 Å². The summed E-state index contributed by atoms with van der Waals surface area (Å²) in [6.07, 6.45) is 0.983. The molecule has 2 atom stereocenters. The van der Waals surface area contributed by atoms with Crippen LogP contribution < -0.4 is 5.32 Å². The fourth-order valence-corrected chi connectivity index (χ4v) is 3.02. The number of carbonyl (C=O) groups is 1. The fraction of sp³-hybridized carbons (Fsp3) is 0.500. The highest BCUT2D eigenvalue weighted by atomic mass is 35.5. The molecule has 2 N–H and O–H groups in total. The summed E-state index contributed by atoms with van der Waals surface area (Å²) < 4.78 is 4.86. The lowest BCUT2D eigenvalue weighted by atomic mass is 10.0. The summed E-state index contributed by atoms with van der Waals surface area (Å²) >= 11 is 12.0. The van der Waals surface area contributed by atoms with Crippen LogP contribution in [0.2, 0.25) is 10.0 Å². The van der Waals surface area contributed by atoms with Crippen molar-refractivity contribution in [1.82, 2.24) is 5.32 Å². The van der Waals surface area contributed by atoms with E-state index in [0.717, 1.165) is 12.0 Å². The first-order valence-corrected chi connectivity index (χ1v) is 7.28. The molecule has 0 spiro atoms. The molecule has 1 aromatic rings. The normalized spacial score (nSPS) is 26.8. The van der Waals surface area contributed by atoms with Crippen LogP contribution in [0.1, 0.15) is 17.9 Å². The quantitative estimate of drug-likeness (QED) is 0.893. The predicted molar refractivity (Wildman–Crippen MR) is 76.1 cm³/mol. The van der Waals surface area contributed by atoms with Crippen molar-refractivity contribution in [3.05, 3.63) is 33.8 Å². The minimum absolute atomic E-state index is 0.0793. The molecule has 1 saturated carbocycles. The molecule has 1 aliphatic heterocycles. The molecular formula is C14H15Cl2NO3. The first kappa shape index (κ1) is 14.1. The Bertz CT molecular complexity index is 545. The molecule has 2 aliphatic rings. The van der Waals surface area contributed by atoms with Crippen molar-refractivity contribution in [2.75, 3.05) is 19.8 Å². The van der Waals surface area contributed by atoms with Crippen LogP contribution >= 0.6 is 23.2 Å². The number of ether oxygens (including phenoxy) is 1. The highest BCUT2D eigenvalue weighted by molar-refractivity contribution is 6.35. The van der Waals surface area contributed by atoms with Gasteiger partial charge in [-0.05, 0) is 36.0 Å². The third-order valence-electron chi connectivity index (χ3n) is 3.91. The van der Waals surface area contributed by atoms with Gasteiger partial charge in [-0.25, -0.2) is 0 Å².